The fourth-order valence-corrected chi connectivity index (χ4v) is 4.34. The summed E-state index contributed by atoms with van der Waals surface area (Å²) in [4.78, 5) is 25.0. The highest BCUT2D eigenvalue weighted by Crippen LogP contribution is 2.32. The van der Waals surface area contributed by atoms with Crippen LogP contribution in [0.5, 0.6) is 0 Å². The van der Waals surface area contributed by atoms with Gasteiger partial charge in [0.25, 0.3) is 0 Å². The van der Waals surface area contributed by atoms with Gasteiger partial charge in [0.1, 0.15) is 0 Å². The molecule has 31 heavy (non-hydrogen) atoms. The predicted molar refractivity (Wildman–Crippen MR) is 121 cm³/mol. The van der Waals surface area contributed by atoms with Crippen molar-refractivity contribution in [3.63, 3.8) is 0 Å². The minimum absolute atomic E-state index is 0.102. The highest BCUT2D eigenvalue weighted by molar-refractivity contribution is 5.87. The maximum absolute atomic E-state index is 12.8. The molecule has 2 atom stereocenters. The van der Waals surface area contributed by atoms with Crippen molar-refractivity contribution in [1.29, 1.82) is 0 Å². The Kier molecular flexibility index (Phi) is 6.33. The lowest BCUT2D eigenvalue weighted by Gasteiger charge is -2.37. The number of benzene rings is 3. The van der Waals surface area contributed by atoms with Gasteiger partial charge in [-0.15, -0.1) is 0 Å². The Morgan fingerprint density at radius 3 is 2.35 bits per heavy atom. The first-order valence-electron chi connectivity index (χ1n) is 10.7. The second-order valence-corrected chi connectivity index (χ2v) is 8.20. The number of fused-ring (bicyclic) bond motifs is 1. The van der Waals surface area contributed by atoms with Gasteiger partial charge in [0.05, 0.1) is 7.11 Å². The van der Waals surface area contributed by atoms with E-state index in [2.05, 4.69) is 60.0 Å². The highest BCUT2D eigenvalue weighted by atomic mass is 16.5. The lowest BCUT2D eigenvalue weighted by Crippen LogP contribution is -2.49. The molecule has 2 N–H and O–H groups in total. The molecule has 1 amide bonds. The average molecular weight is 417 g/mol. The molecule has 1 aliphatic rings. The van der Waals surface area contributed by atoms with Crippen molar-refractivity contribution in [2.75, 3.05) is 7.11 Å². The number of methoxy groups -OCH3 is 1. The number of esters is 1. The van der Waals surface area contributed by atoms with Gasteiger partial charge in [0.15, 0.2) is 6.04 Å². The zero-order valence-electron chi connectivity index (χ0n) is 17.9. The molecule has 1 fully saturated rings. The van der Waals surface area contributed by atoms with Crippen LogP contribution in [0.25, 0.3) is 10.8 Å². The van der Waals surface area contributed by atoms with E-state index < -0.39 is 12.0 Å². The lowest BCUT2D eigenvalue weighted by molar-refractivity contribution is -0.146. The summed E-state index contributed by atoms with van der Waals surface area (Å²) in [7, 11) is 1.34. The normalized spacial score (nSPS) is 19.8. The molecule has 0 saturated heterocycles. The van der Waals surface area contributed by atoms with Crippen molar-refractivity contribution in [3.05, 3.63) is 83.9 Å². The molecule has 0 heterocycles. The summed E-state index contributed by atoms with van der Waals surface area (Å²) in [5.74, 6) is -0.665. The molecule has 3 aromatic carbocycles. The van der Waals surface area contributed by atoms with E-state index in [-0.39, 0.29) is 23.9 Å². The summed E-state index contributed by atoms with van der Waals surface area (Å²) < 4.78 is 4.89. The Morgan fingerprint density at radius 2 is 1.61 bits per heavy atom. The minimum atomic E-state index is -0.777. The molecule has 4 rings (SSSR count). The zero-order chi connectivity index (χ0) is 21.8. The molecule has 1 saturated carbocycles. The van der Waals surface area contributed by atoms with Crippen molar-refractivity contribution < 1.29 is 14.3 Å². The quantitative estimate of drug-likeness (QED) is 0.564. The van der Waals surface area contributed by atoms with Gasteiger partial charge in [0.2, 0.25) is 5.91 Å². The van der Waals surface area contributed by atoms with Crippen LogP contribution in [0.15, 0.2) is 72.8 Å². The summed E-state index contributed by atoms with van der Waals surface area (Å²) in [5.41, 5.74) is 1.99. The van der Waals surface area contributed by atoms with Crippen LogP contribution in [-0.4, -0.2) is 25.0 Å². The third-order valence-corrected chi connectivity index (χ3v) is 6.14. The van der Waals surface area contributed by atoms with Crippen LogP contribution in [0.1, 0.15) is 43.0 Å². The van der Waals surface area contributed by atoms with Crippen LogP contribution < -0.4 is 10.6 Å². The fourth-order valence-electron chi connectivity index (χ4n) is 4.34. The van der Waals surface area contributed by atoms with Crippen LogP contribution in [0.4, 0.5) is 0 Å². The number of nitrogens with one attached hydrogen (secondary N) is 2. The molecule has 160 valence electrons. The Bertz CT molecular complexity index is 1060. The van der Waals surface area contributed by atoms with E-state index in [9.17, 15) is 9.59 Å². The van der Waals surface area contributed by atoms with E-state index in [0.717, 1.165) is 18.4 Å². The van der Waals surface area contributed by atoms with E-state index in [0.29, 0.717) is 0 Å². The number of rotatable bonds is 7. The molecule has 0 aromatic heterocycles. The van der Waals surface area contributed by atoms with Gasteiger partial charge in [0, 0.05) is 18.0 Å². The smallest absolute Gasteiger partial charge is 0.333 e. The van der Waals surface area contributed by atoms with Gasteiger partial charge in [-0.1, -0.05) is 72.8 Å². The van der Waals surface area contributed by atoms with E-state index in [4.69, 9.17) is 4.74 Å². The average Bonchev–Trinajstić information content (AvgIpc) is 2.78. The Labute approximate surface area is 182 Å². The highest BCUT2D eigenvalue weighted by Gasteiger charge is 2.37. The largest absolute Gasteiger partial charge is 0.467 e. The molecule has 0 unspecified atom stereocenters. The van der Waals surface area contributed by atoms with Crippen LogP contribution in [0.3, 0.4) is 0 Å². The monoisotopic (exact) mass is 416 g/mol. The number of hydrogen-bond acceptors (Lipinski definition) is 4. The summed E-state index contributed by atoms with van der Waals surface area (Å²) >= 11 is 0. The minimum Gasteiger partial charge on any atom is -0.467 e. The van der Waals surface area contributed by atoms with Crippen molar-refractivity contribution in [2.24, 2.45) is 5.92 Å². The van der Waals surface area contributed by atoms with E-state index in [1.807, 2.05) is 30.3 Å². The Morgan fingerprint density at radius 1 is 0.935 bits per heavy atom. The number of carbonyl (C=O) groups is 2. The lowest BCUT2D eigenvalue weighted by atomic mass is 9.78. The summed E-state index contributed by atoms with van der Waals surface area (Å²) in [5, 5.41) is 9.01. The van der Waals surface area contributed by atoms with E-state index in [1.165, 1.54) is 23.4 Å². The van der Waals surface area contributed by atoms with E-state index >= 15 is 0 Å². The van der Waals surface area contributed by atoms with Gasteiger partial charge in [-0.05, 0) is 41.7 Å². The van der Waals surface area contributed by atoms with Gasteiger partial charge in [-0.3, -0.25) is 4.79 Å². The number of ether oxygens (including phenoxy) is 1. The number of carbonyl (C=O) groups excluding carboxylic acids is 2. The molecular weight excluding hydrogens is 388 g/mol. The van der Waals surface area contributed by atoms with Crippen LogP contribution in [0.2, 0.25) is 0 Å². The molecule has 3 aromatic rings. The SMILES string of the molecule is COC(=O)[C@H](NC(=O)C1CC(N[C@H](C)c2cccc3ccccc23)C1)c1ccccc1. The van der Waals surface area contributed by atoms with Gasteiger partial charge in [-0.25, -0.2) is 4.79 Å². The molecule has 5 heteroatoms. The van der Waals surface area contributed by atoms with Gasteiger partial charge >= 0.3 is 5.97 Å². The zero-order valence-corrected chi connectivity index (χ0v) is 17.9. The summed E-state index contributed by atoms with van der Waals surface area (Å²) in [6, 6.07) is 23.6. The molecular formula is C26H28N2O3. The van der Waals surface area contributed by atoms with Crippen LogP contribution in [-0.2, 0) is 14.3 Å². The molecule has 0 radical (unpaired) electrons. The molecule has 1 aliphatic carbocycles. The van der Waals surface area contributed by atoms with Crippen molar-refractivity contribution in [3.8, 4) is 0 Å². The summed E-state index contributed by atoms with van der Waals surface area (Å²) in [6.07, 6.45) is 1.51. The molecule has 0 aliphatic heterocycles. The van der Waals surface area contributed by atoms with Crippen molar-refractivity contribution in [2.45, 2.75) is 37.9 Å². The van der Waals surface area contributed by atoms with Gasteiger partial charge in [-0.2, -0.15) is 0 Å². The third kappa shape index (κ3) is 4.62. The van der Waals surface area contributed by atoms with Crippen molar-refractivity contribution >= 4 is 22.6 Å². The third-order valence-electron chi connectivity index (χ3n) is 6.14. The van der Waals surface area contributed by atoms with E-state index in [1.54, 1.807) is 0 Å². The number of hydrogen-bond donors (Lipinski definition) is 2. The molecule has 5 nitrogen and oxygen atoms in total. The predicted octanol–water partition coefficient (Wildman–Crippen LogP) is 4.30. The fraction of sp³-hybridized carbons (Fsp3) is 0.308. The standard InChI is InChI=1S/C26H28N2O3/c1-17(22-14-8-12-18-9-6-7-13-23(18)22)27-21-15-20(16-21)25(29)28-24(26(30)31-2)19-10-4-3-5-11-19/h3-14,17,20-21,24,27H,15-16H2,1-2H3,(H,28,29)/t17-,20?,21?,24-/m1/s1. The second-order valence-electron chi connectivity index (χ2n) is 8.20. The Hall–Kier alpha value is -3.18. The summed E-state index contributed by atoms with van der Waals surface area (Å²) in [6.45, 7) is 2.16. The first-order valence-corrected chi connectivity index (χ1v) is 10.7. The van der Waals surface area contributed by atoms with Crippen LogP contribution >= 0.6 is 0 Å². The first-order chi connectivity index (χ1) is 15.1. The topological polar surface area (TPSA) is 67.4 Å². The van der Waals surface area contributed by atoms with Gasteiger partial charge < -0.3 is 15.4 Å². The maximum atomic E-state index is 12.8. The Balaban J connectivity index is 1.35. The molecule has 0 spiro atoms. The van der Waals surface area contributed by atoms with Crippen molar-refractivity contribution in [1.82, 2.24) is 10.6 Å². The molecule has 0 bridgehead atoms. The number of amides is 1. The maximum Gasteiger partial charge on any atom is 0.333 e. The first kappa shape index (κ1) is 21.1. The van der Waals surface area contributed by atoms with Crippen LogP contribution in [0, 0.1) is 5.92 Å². The second kappa shape index (κ2) is 9.31.